The summed E-state index contributed by atoms with van der Waals surface area (Å²) in [6.45, 7) is 1.90. The van der Waals surface area contributed by atoms with Crippen LogP contribution in [0.1, 0.15) is 24.8 Å². The van der Waals surface area contributed by atoms with Gasteiger partial charge in [-0.2, -0.15) is 13.2 Å². The number of aromatic nitrogens is 1. The van der Waals surface area contributed by atoms with Gasteiger partial charge in [-0.3, -0.25) is 4.99 Å². The molecule has 1 saturated heterocycles. The van der Waals surface area contributed by atoms with E-state index in [1.807, 2.05) is 0 Å². The summed E-state index contributed by atoms with van der Waals surface area (Å²) < 4.78 is 52.0. The Morgan fingerprint density at radius 3 is 2.86 bits per heavy atom. The van der Waals surface area contributed by atoms with E-state index in [9.17, 15) is 13.2 Å². The lowest BCUT2D eigenvalue weighted by atomic mass is 10.2. The standard InChI is InChI=1S/C18H27F3N4O3/c1-22-17(23-7-3-8-26-12-15-4-2-9-27-15)25-11-14-5-6-16(24-10-14)28-13-18(19,20)21/h5-6,10,15H,2-4,7-9,11-13H2,1H3,(H2,22,23,25). The number of pyridine rings is 1. The Kier molecular flexibility index (Phi) is 9.29. The summed E-state index contributed by atoms with van der Waals surface area (Å²) >= 11 is 0. The molecule has 1 aromatic heterocycles. The van der Waals surface area contributed by atoms with Gasteiger partial charge in [0, 0.05) is 45.6 Å². The molecule has 1 aliphatic heterocycles. The fourth-order valence-electron chi connectivity index (χ4n) is 2.53. The van der Waals surface area contributed by atoms with E-state index in [4.69, 9.17) is 9.47 Å². The van der Waals surface area contributed by atoms with E-state index in [2.05, 4.69) is 25.3 Å². The molecule has 0 radical (unpaired) electrons. The highest BCUT2D eigenvalue weighted by Gasteiger charge is 2.28. The van der Waals surface area contributed by atoms with Crippen LogP contribution in [0.3, 0.4) is 0 Å². The lowest BCUT2D eigenvalue weighted by molar-refractivity contribution is -0.154. The van der Waals surface area contributed by atoms with Crippen molar-refractivity contribution >= 4 is 5.96 Å². The molecule has 0 amide bonds. The second kappa shape index (κ2) is 11.7. The van der Waals surface area contributed by atoms with Gasteiger partial charge in [0.1, 0.15) is 0 Å². The van der Waals surface area contributed by atoms with Crippen LogP contribution in [-0.2, 0) is 16.0 Å². The molecule has 158 valence electrons. The third-order valence-corrected chi connectivity index (χ3v) is 3.95. The van der Waals surface area contributed by atoms with Crippen molar-refractivity contribution in [2.24, 2.45) is 4.99 Å². The molecule has 1 atom stereocenters. The summed E-state index contributed by atoms with van der Waals surface area (Å²) in [5.41, 5.74) is 0.794. The first-order valence-corrected chi connectivity index (χ1v) is 9.24. The van der Waals surface area contributed by atoms with E-state index >= 15 is 0 Å². The van der Waals surface area contributed by atoms with E-state index in [1.54, 1.807) is 13.1 Å². The van der Waals surface area contributed by atoms with Crippen LogP contribution in [0, 0.1) is 0 Å². The molecule has 28 heavy (non-hydrogen) atoms. The summed E-state index contributed by atoms with van der Waals surface area (Å²) in [6, 6.07) is 3.06. The van der Waals surface area contributed by atoms with Crippen molar-refractivity contribution in [1.82, 2.24) is 15.6 Å². The van der Waals surface area contributed by atoms with Gasteiger partial charge >= 0.3 is 6.18 Å². The maximum atomic E-state index is 12.1. The number of nitrogens with zero attached hydrogens (tertiary/aromatic N) is 2. The lowest BCUT2D eigenvalue weighted by Crippen LogP contribution is -2.37. The van der Waals surface area contributed by atoms with Crippen LogP contribution >= 0.6 is 0 Å². The average molecular weight is 404 g/mol. The highest BCUT2D eigenvalue weighted by Crippen LogP contribution is 2.17. The molecule has 10 heteroatoms. The highest BCUT2D eigenvalue weighted by atomic mass is 19.4. The van der Waals surface area contributed by atoms with Crippen molar-refractivity contribution in [3.8, 4) is 5.88 Å². The van der Waals surface area contributed by atoms with Crippen molar-refractivity contribution in [3.05, 3.63) is 23.9 Å². The van der Waals surface area contributed by atoms with E-state index in [-0.39, 0.29) is 12.0 Å². The predicted octanol–water partition coefficient (Wildman–Crippen LogP) is 2.27. The molecule has 1 unspecified atom stereocenters. The number of nitrogens with one attached hydrogen (secondary N) is 2. The Hall–Kier alpha value is -2.07. The Morgan fingerprint density at radius 2 is 2.21 bits per heavy atom. The molecular formula is C18H27F3N4O3. The van der Waals surface area contributed by atoms with Crippen molar-refractivity contribution < 1.29 is 27.4 Å². The minimum atomic E-state index is -4.38. The molecular weight excluding hydrogens is 377 g/mol. The largest absolute Gasteiger partial charge is 0.468 e. The SMILES string of the molecule is CN=C(NCCCOCC1CCCO1)NCc1ccc(OCC(F)(F)F)nc1. The van der Waals surface area contributed by atoms with Gasteiger partial charge in [-0.15, -0.1) is 0 Å². The van der Waals surface area contributed by atoms with E-state index in [0.29, 0.717) is 32.3 Å². The maximum absolute atomic E-state index is 12.1. The molecule has 1 aliphatic rings. The van der Waals surface area contributed by atoms with Crippen LogP contribution in [0.5, 0.6) is 5.88 Å². The first-order valence-electron chi connectivity index (χ1n) is 9.24. The molecule has 0 aromatic carbocycles. The van der Waals surface area contributed by atoms with Gasteiger partial charge in [-0.25, -0.2) is 4.98 Å². The summed E-state index contributed by atoms with van der Waals surface area (Å²) in [5, 5.41) is 6.29. The van der Waals surface area contributed by atoms with Gasteiger partial charge in [-0.05, 0) is 24.8 Å². The molecule has 2 heterocycles. The van der Waals surface area contributed by atoms with Gasteiger partial charge < -0.3 is 24.8 Å². The Bertz CT molecular complexity index is 591. The number of rotatable bonds is 10. The van der Waals surface area contributed by atoms with Crippen molar-refractivity contribution in [3.63, 3.8) is 0 Å². The van der Waals surface area contributed by atoms with Crippen molar-refractivity contribution in [1.29, 1.82) is 0 Å². The zero-order valence-electron chi connectivity index (χ0n) is 15.9. The fourth-order valence-corrected chi connectivity index (χ4v) is 2.53. The number of aliphatic imine (C=N–C) groups is 1. The topological polar surface area (TPSA) is 77.0 Å². The van der Waals surface area contributed by atoms with Crippen molar-refractivity contribution in [2.75, 3.05) is 40.0 Å². The van der Waals surface area contributed by atoms with Crippen LogP contribution in [0.4, 0.5) is 13.2 Å². The zero-order chi connectivity index (χ0) is 20.2. The number of alkyl halides is 3. The maximum Gasteiger partial charge on any atom is 0.422 e. The van der Waals surface area contributed by atoms with Gasteiger partial charge in [0.25, 0.3) is 0 Å². The smallest absolute Gasteiger partial charge is 0.422 e. The van der Waals surface area contributed by atoms with E-state index in [0.717, 1.165) is 31.4 Å². The number of halogens is 3. The van der Waals surface area contributed by atoms with Crippen LogP contribution in [0.2, 0.25) is 0 Å². The van der Waals surface area contributed by atoms with E-state index < -0.39 is 12.8 Å². The number of ether oxygens (including phenoxy) is 3. The molecule has 1 fully saturated rings. The Balaban J connectivity index is 1.58. The number of hydrogen-bond donors (Lipinski definition) is 2. The Labute approximate surface area is 162 Å². The molecule has 2 N–H and O–H groups in total. The number of hydrogen-bond acceptors (Lipinski definition) is 5. The second-order valence-corrected chi connectivity index (χ2v) is 6.32. The fraction of sp³-hybridized carbons (Fsp3) is 0.667. The minimum absolute atomic E-state index is 0.0633. The van der Waals surface area contributed by atoms with Crippen LogP contribution in [-0.4, -0.2) is 63.2 Å². The van der Waals surface area contributed by atoms with Gasteiger partial charge in [0.05, 0.1) is 12.7 Å². The summed E-state index contributed by atoms with van der Waals surface area (Å²) in [5.74, 6) is 0.558. The second-order valence-electron chi connectivity index (χ2n) is 6.32. The van der Waals surface area contributed by atoms with Gasteiger partial charge in [0.15, 0.2) is 12.6 Å². The van der Waals surface area contributed by atoms with Gasteiger partial charge in [0.2, 0.25) is 5.88 Å². The predicted molar refractivity (Wildman–Crippen MR) is 98.4 cm³/mol. The molecule has 0 saturated carbocycles. The highest BCUT2D eigenvalue weighted by molar-refractivity contribution is 5.79. The average Bonchev–Trinajstić information content (AvgIpc) is 3.19. The third-order valence-electron chi connectivity index (χ3n) is 3.95. The summed E-state index contributed by atoms with van der Waals surface area (Å²) in [4.78, 5) is 7.99. The summed E-state index contributed by atoms with van der Waals surface area (Å²) in [6.07, 6.45) is 0.331. The van der Waals surface area contributed by atoms with Crippen LogP contribution in [0.25, 0.3) is 0 Å². The molecule has 1 aromatic rings. The van der Waals surface area contributed by atoms with E-state index in [1.165, 1.54) is 12.3 Å². The quantitative estimate of drug-likeness (QED) is 0.354. The van der Waals surface area contributed by atoms with Crippen LogP contribution < -0.4 is 15.4 Å². The summed E-state index contributed by atoms with van der Waals surface area (Å²) in [7, 11) is 1.66. The molecule has 0 aliphatic carbocycles. The molecule has 0 bridgehead atoms. The van der Waals surface area contributed by atoms with Gasteiger partial charge in [-0.1, -0.05) is 6.07 Å². The normalized spacial score (nSPS) is 17.6. The first kappa shape index (κ1) is 22.2. The third kappa shape index (κ3) is 9.23. The molecule has 2 rings (SSSR count). The van der Waals surface area contributed by atoms with Crippen molar-refractivity contribution in [2.45, 2.75) is 38.1 Å². The Morgan fingerprint density at radius 1 is 1.36 bits per heavy atom. The van der Waals surface area contributed by atoms with Crippen LogP contribution in [0.15, 0.2) is 23.3 Å². The first-order chi connectivity index (χ1) is 13.5. The zero-order valence-corrected chi connectivity index (χ0v) is 15.9. The monoisotopic (exact) mass is 404 g/mol. The number of guanidine groups is 1. The molecule has 7 nitrogen and oxygen atoms in total. The minimum Gasteiger partial charge on any atom is -0.468 e. The molecule has 0 spiro atoms. The lowest BCUT2D eigenvalue weighted by Gasteiger charge is -2.13.